The lowest BCUT2D eigenvalue weighted by Gasteiger charge is -2.13. The fourth-order valence-corrected chi connectivity index (χ4v) is 5.70. The minimum atomic E-state index is -3.89. The lowest BCUT2D eigenvalue weighted by atomic mass is 10.2. The van der Waals surface area contributed by atoms with E-state index in [9.17, 15) is 22.8 Å². The molecule has 5 aromatic carbocycles. The van der Waals surface area contributed by atoms with Crippen LogP contribution in [0.2, 0.25) is 0 Å². The Morgan fingerprint density at radius 3 is 1.54 bits per heavy atom. The van der Waals surface area contributed by atoms with E-state index >= 15 is 0 Å². The Labute approximate surface area is 277 Å². The minimum absolute atomic E-state index is 0.0144. The summed E-state index contributed by atoms with van der Waals surface area (Å²) in [6.45, 7) is 3.66. The van der Waals surface area contributed by atoms with Gasteiger partial charge in [-0.05, 0) is 110 Å². The summed E-state index contributed by atoms with van der Waals surface area (Å²) >= 11 is 0. The first-order valence-corrected chi connectivity index (χ1v) is 16.1. The Bertz CT molecular complexity index is 2070. The molecular weight excluding hydrogens is 632 g/mol. The topological polar surface area (TPSA) is 181 Å². The maximum atomic E-state index is 13.2. The van der Waals surface area contributed by atoms with Gasteiger partial charge in [-0.15, -0.1) is 0 Å². The van der Waals surface area contributed by atoms with Gasteiger partial charge >= 0.3 is 18.2 Å². The molecule has 0 bridgehead atoms. The van der Waals surface area contributed by atoms with Gasteiger partial charge in [0.15, 0.2) is 0 Å². The van der Waals surface area contributed by atoms with Gasteiger partial charge in [-0.3, -0.25) is 5.32 Å². The molecule has 0 radical (unpaired) electrons. The third-order valence-corrected chi connectivity index (χ3v) is 8.85. The molecule has 0 fully saturated rings. The largest absolute Gasteiger partial charge is 0.417 e. The normalized spacial score (nSPS) is 10.8. The second kappa shape index (κ2) is 14.4. The smallest absolute Gasteiger partial charge is 0.410 e. The Hall–Kier alpha value is -6.34. The van der Waals surface area contributed by atoms with Crippen LogP contribution in [0.15, 0.2) is 125 Å². The molecule has 0 heterocycles. The second-order valence-electron chi connectivity index (χ2n) is 10.6. The molecule has 5 rings (SSSR count). The van der Waals surface area contributed by atoms with E-state index in [2.05, 4.69) is 26.6 Å². The van der Waals surface area contributed by atoms with Gasteiger partial charge in [0.2, 0.25) is 9.84 Å². The molecule has 48 heavy (non-hydrogen) atoms. The Balaban J connectivity index is 1.16. The first-order valence-electron chi connectivity index (χ1n) is 14.6. The van der Waals surface area contributed by atoms with Crippen molar-refractivity contribution in [2.24, 2.45) is 0 Å². The van der Waals surface area contributed by atoms with Crippen molar-refractivity contribution in [1.29, 1.82) is 0 Å². The number of nitrogens with two attached hydrogens (primary N) is 1. The van der Waals surface area contributed by atoms with Crippen molar-refractivity contribution in [2.45, 2.75) is 23.6 Å². The highest BCUT2D eigenvalue weighted by atomic mass is 32.2. The van der Waals surface area contributed by atoms with Crippen LogP contribution in [-0.4, -0.2) is 26.6 Å². The Morgan fingerprint density at radius 2 is 1.02 bits per heavy atom. The third kappa shape index (κ3) is 8.47. The molecule has 0 atom stereocenters. The Kier molecular flexibility index (Phi) is 9.91. The van der Waals surface area contributed by atoms with Crippen LogP contribution in [0.1, 0.15) is 11.1 Å². The molecule has 244 valence electrons. The van der Waals surface area contributed by atoms with Crippen molar-refractivity contribution in [2.75, 3.05) is 32.3 Å². The van der Waals surface area contributed by atoms with Crippen molar-refractivity contribution in [3.8, 4) is 5.75 Å². The standard InChI is InChI=1S/C35H32N6O6S/c1-22-8-10-26(20-31(22)36)39-33(42)37-24-12-16-29(17-13-24)48(45,46)30-18-14-25(15-19-30)38-34(43)40-27-11-9-23(2)32(21-27)41-35(44)47-28-6-4-3-5-7-28/h3-21H,36H2,1-2H3,(H,41,44)(H2,37,39,42)(H2,38,40,43). The molecule has 7 N–H and O–H groups in total. The summed E-state index contributed by atoms with van der Waals surface area (Å²) in [7, 11) is -3.89. The quantitative estimate of drug-likeness (QED) is 0.0923. The number of amides is 5. The fraction of sp³-hybridized carbons (Fsp3) is 0.0571. The van der Waals surface area contributed by atoms with E-state index in [0.29, 0.717) is 39.9 Å². The predicted octanol–water partition coefficient (Wildman–Crippen LogP) is 7.62. The number of urea groups is 2. The van der Waals surface area contributed by atoms with Gasteiger partial charge in [0.25, 0.3) is 0 Å². The maximum absolute atomic E-state index is 13.2. The summed E-state index contributed by atoms with van der Waals surface area (Å²) in [4.78, 5) is 37.4. The summed E-state index contributed by atoms with van der Waals surface area (Å²) in [6, 6.07) is 29.1. The number of nitrogens with one attached hydrogen (secondary N) is 5. The summed E-state index contributed by atoms with van der Waals surface area (Å²) in [5.41, 5.74) is 10.2. The molecule has 0 unspecified atom stereocenters. The van der Waals surface area contributed by atoms with Crippen molar-refractivity contribution in [3.05, 3.63) is 126 Å². The molecule has 0 aliphatic rings. The molecule has 0 spiro atoms. The molecule has 0 aliphatic carbocycles. The number of hydrogen-bond donors (Lipinski definition) is 6. The van der Waals surface area contributed by atoms with Crippen molar-refractivity contribution >= 4 is 62.1 Å². The molecule has 12 nitrogen and oxygen atoms in total. The Morgan fingerprint density at radius 1 is 0.562 bits per heavy atom. The number of rotatable bonds is 8. The van der Waals surface area contributed by atoms with Crippen molar-refractivity contribution < 1.29 is 27.5 Å². The van der Waals surface area contributed by atoms with Crippen LogP contribution in [0, 0.1) is 13.8 Å². The number of aryl methyl sites for hydroxylation is 2. The number of benzene rings is 5. The van der Waals surface area contributed by atoms with Crippen LogP contribution in [0.4, 0.5) is 48.5 Å². The SMILES string of the molecule is Cc1ccc(NC(=O)Nc2ccc(S(=O)(=O)c3ccc(NC(=O)Nc4ccc(C)c(NC(=O)Oc5ccccc5)c4)cc3)cc2)cc1N. The van der Waals surface area contributed by atoms with Crippen LogP contribution in [-0.2, 0) is 9.84 Å². The number of nitrogen functional groups attached to an aromatic ring is 1. The zero-order chi connectivity index (χ0) is 34.3. The fourth-order valence-electron chi connectivity index (χ4n) is 4.44. The van der Waals surface area contributed by atoms with Gasteiger partial charge in [-0.2, -0.15) is 0 Å². The number of anilines is 6. The van der Waals surface area contributed by atoms with Gasteiger partial charge in [0.05, 0.1) is 9.79 Å². The van der Waals surface area contributed by atoms with Gasteiger partial charge in [-0.25, -0.2) is 22.8 Å². The van der Waals surface area contributed by atoms with E-state index in [1.165, 1.54) is 48.5 Å². The van der Waals surface area contributed by atoms with E-state index in [1.54, 1.807) is 73.7 Å². The van der Waals surface area contributed by atoms with Gasteiger partial charge in [0.1, 0.15) is 5.75 Å². The summed E-state index contributed by atoms with van der Waals surface area (Å²) in [6.07, 6.45) is -0.679. The molecule has 0 aromatic heterocycles. The van der Waals surface area contributed by atoms with Crippen LogP contribution in [0.5, 0.6) is 5.75 Å². The average molecular weight is 665 g/mol. The number of sulfone groups is 1. The van der Waals surface area contributed by atoms with Gasteiger partial charge in [0, 0.05) is 34.1 Å². The molecular formula is C35H32N6O6S. The number of para-hydroxylation sites is 1. The average Bonchev–Trinajstić information content (AvgIpc) is 3.05. The minimum Gasteiger partial charge on any atom is -0.410 e. The van der Waals surface area contributed by atoms with Gasteiger partial charge in [-0.1, -0.05) is 30.3 Å². The highest BCUT2D eigenvalue weighted by Crippen LogP contribution is 2.25. The molecule has 13 heteroatoms. The summed E-state index contributed by atoms with van der Waals surface area (Å²) < 4.78 is 31.7. The zero-order valence-corrected chi connectivity index (χ0v) is 26.7. The first-order chi connectivity index (χ1) is 23.0. The van der Waals surface area contributed by atoms with E-state index < -0.39 is 28.0 Å². The van der Waals surface area contributed by atoms with Crippen LogP contribution < -0.4 is 37.1 Å². The number of carbonyl (C=O) groups is 3. The molecule has 5 amide bonds. The third-order valence-electron chi connectivity index (χ3n) is 7.07. The van der Waals surface area contributed by atoms with E-state index in [1.807, 2.05) is 6.92 Å². The van der Waals surface area contributed by atoms with E-state index in [4.69, 9.17) is 10.5 Å². The molecule has 0 aliphatic heterocycles. The van der Waals surface area contributed by atoms with Crippen molar-refractivity contribution in [1.82, 2.24) is 0 Å². The molecule has 0 saturated carbocycles. The van der Waals surface area contributed by atoms with Crippen LogP contribution in [0.3, 0.4) is 0 Å². The van der Waals surface area contributed by atoms with Crippen LogP contribution in [0.25, 0.3) is 0 Å². The van der Waals surface area contributed by atoms with Gasteiger partial charge < -0.3 is 31.7 Å². The zero-order valence-electron chi connectivity index (χ0n) is 25.9. The number of hydrogen-bond acceptors (Lipinski definition) is 7. The maximum Gasteiger partial charge on any atom is 0.417 e. The predicted molar refractivity (Wildman–Crippen MR) is 186 cm³/mol. The molecule has 5 aromatic rings. The first kappa shape index (κ1) is 33.0. The monoisotopic (exact) mass is 664 g/mol. The number of carbonyl (C=O) groups excluding carboxylic acids is 3. The van der Waals surface area contributed by atoms with Crippen LogP contribution >= 0.6 is 0 Å². The second-order valence-corrected chi connectivity index (χ2v) is 12.6. The lowest BCUT2D eigenvalue weighted by Crippen LogP contribution is -2.20. The highest BCUT2D eigenvalue weighted by molar-refractivity contribution is 7.91. The van der Waals surface area contributed by atoms with E-state index in [0.717, 1.165) is 11.1 Å². The van der Waals surface area contributed by atoms with Crippen molar-refractivity contribution in [3.63, 3.8) is 0 Å². The molecule has 0 saturated heterocycles. The number of ether oxygens (including phenoxy) is 1. The lowest BCUT2D eigenvalue weighted by molar-refractivity contribution is 0.215. The van der Waals surface area contributed by atoms with E-state index in [-0.39, 0.29) is 9.79 Å². The summed E-state index contributed by atoms with van der Waals surface area (Å²) in [5.74, 6) is 0.387. The highest BCUT2D eigenvalue weighted by Gasteiger charge is 2.18. The summed E-state index contributed by atoms with van der Waals surface area (Å²) in [5, 5.41) is 13.3.